The number of cyclic esters (lactones) is 1. The number of likely N-dealkylation sites (tertiary alicyclic amines) is 1. The molecule has 0 amide bonds. The average molecular weight is 459 g/mol. The molecule has 1 aromatic carbocycles. The van der Waals surface area contributed by atoms with Crippen molar-refractivity contribution in [1.29, 1.82) is 0 Å². The second kappa shape index (κ2) is 11.1. The molecule has 7 nitrogen and oxygen atoms in total. The van der Waals surface area contributed by atoms with Crippen LogP contribution < -0.4 is 10.1 Å². The monoisotopic (exact) mass is 458 g/mol. The molecular weight excluding hydrogens is 420 g/mol. The summed E-state index contributed by atoms with van der Waals surface area (Å²) in [5.74, 6) is -0.691. The summed E-state index contributed by atoms with van der Waals surface area (Å²) in [6.45, 7) is 11.3. The number of carboxylic acid groups (broad SMARTS) is 1. The van der Waals surface area contributed by atoms with E-state index in [0.29, 0.717) is 24.8 Å². The molecule has 0 saturated carbocycles. The number of carboxylic acids is 1. The Labute approximate surface area is 197 Å². The molecule has 2 N–H and O–H groups in total. The van der Waals surface area contributed by atoms with E-state index in [1.807, 2.05) is 27.7 Å². The summed E-state index contributed by atoms with van der Waals surface area (Å²) in [5.41, 5.74) is 5.08. The van der Waals surface area contributed by atoms with E-state index in [2.05, 4.69) is 16.3 Å². The zero-order chi connectivity index (χ0) is 24.1. The van der Waals surface area contributed by atoms with E-state index in [0.717, 1.165) is 53.3 Å². The summed E-state index contributed by atoms with van der Waals surface area (Å²) in [4.78, 5) is 26.8. The van der Waals surface area contributed by atoms with E-state index in [1.54, 1.807) is 7.11 Å². The molecule has 0 aromatic heterocycles. The number of methoxy groups -OCH3 is 1. The highest BCUT2D eigenvalue weighted by Crippen LogP contribution is 2.41. The van der Waals surface area contributed by atoms with Crippen molar-refractivity contribution in [1.82, 2.24) is 4.90 Å². The normalized spacial score (nSPS) is 17.3. The maximum Gasteiger partial charge on any atom is 0.341 e. The number of nitrogens with zero attached hydrogens (tertiary/aromatic N) is 1. The Morgan fingerprint density at radius 3 is 2.61 bits per heavy atom. The van der Waals surface area contributed by atoms with E-state index in [9.17, 15) is 14.7 Å². The lowest BCUT2D eigenvalue weighted by molar-refractivity contribution is -0.142. The van der Waals surface area contributed by atoms with Crippen LogP contribution in [0, 0.1) is 12.8 Å². The molecule has 1 saturated heterocycles. The van der Waals surface area contributed by atoms with Gasteiger partial charge < -0.3 is 24.8 Å². The highest BCUT2D eigenvalue weighted by atomic mass is 16.5. The van der Waals surface area contributed by atoms with Crippen LogP contribution in [0.5, 0.6) is 5.75 Å². The van der Waals surface area contributed by atoms with Crippen molar-refractivity contribution in [2.45, 2.75) is 72.4 Å². The number of aliphatic carboxylic acids is 1. The molecule has 1 atom stereocenters. The molecule has 2 aliphatic rings. The number of ether oxygens (including phenoxy) is 2. The third-order valence-electron chi connectivity index (χ3n) is 6.67. The van der Waals surface area contributed by atoms with Gasteiger partial charge in [0, 0.05) is 17.2 Å². The van der Waals surface area contributed by atoms with Gasteiger partial charge in [-0.25, -0.2) is 4.79 Å². The van der Waals surface area contributed by atoms with Crippen LogP contribution in [0.1, 0.15) is 73.5 Å². The third kappa shape index (κ3) is 5.88. The van der Waals surface area contributed by atoms with Gasteiger partial charge in [-0.2, -0.15) is 0 Å². The van der Waals surface area contributed by atoms with Gasteiger partial charge >= 0.3 is 11.9 Å². The van der Waals surface area contributed by atoms with E-state index >= 15 is 0 Å². The first-order valence-electron chi connectivity index (χ1n) is 12.0. The lowest BCUT2D eigenvalue weighted by Crippen LogP contribution is -2.25. The number of esters is 1. The van der Waals surface area contributed by atoms with Crippen LogP contribution >= 0.6 is 0 Å². The minimum atomic E-state index is -0.738. The zero-order valence-electron chi connectivity index (χ0n) is 20.6. The topological polar surface area (TPSA) is 88.1 Å². The van der Waals surface area contributed by atoms with Crippen LogP contribution in [-0.4, -0.2) is 54.7 Å². The van der Waals surface area contributed by atoms with Crippen LogP contribution in [0.25, 0.3) is 0 Å². The summed E-state index contributed by atoms with van der Waals surface area (Å²) in [5, 5.41) is 13.2. The first-order chi connectivity index (χ1) is 15.7. The number of carbonyl (C=O) groups excluding carboxylic acids is 1. The Morgan fingerprint density at radius 1 is 1.30 bits per heavy atom. The Bertz CT molecular complexity index is 916. The summed E-state index contributed by atoms with van der Waals surface area (Å²) in [7, 11) is 1.64. The molecule has 0 aliphatic carbocycles. The first kappa shape index (κ1) is 25.1. The number of nitrogens with one attached hydrogen (secondary N) is 1. The molecule has 7 heteroatoms. The molecule has 0 radical (unpaired) electrons. The summed E-state index contributed by atoms with van der Waals surface area (Å²) in [6, 6.07) is 0.126. The predicted octanol–water partition coefficient (Wildman–Crippen LogP) is 4.56. The summed E-state index contributed by atoms with van der Waals surface area (Å²) >= 11 is 0. The predicted molar refractivity (Wildman–Crippen MR) is 129 cm³/mol. The maximum atomic E-state index is 12.5. The van der Waals surface area contributed by atoms with Crippen LogP contribution in [0.3, 0.4) is 0 Å². The second-order valence-corrected chi connectivity index (χ2v) is 9.57. The zero-order valence-corrected chi connectivity index (χ0v) is 20.6. The molecule has 0 bridgehead atoms. The Morgan fingerprint density at radius 2 is 2.00 bits per heavy atom. The van der Waals surface area contributed by atoms with Crippen molar-refractivity contribution in [3.63, 3.8) is 0 Å². The molecule has 33 heavy (non-hydrogen) atoms. The lowest BCUT2D eigenvalue weighted by atomic mass is 9.92. The molecular formula is C26H38N2O5. The standard InChI is InChI=1S/C26H38N2O5/c1-16(2)27-23-20(24(32-5)18(4)21-15-33-26(31)22(21)23)9-8-17(3)14-19(25(29)30)10-13-28-11-6-7-12-28/h8,16,19,27H,6-7,9-15H2,1-5H3,(H,29,30)/b17-8+. The first-order valence-corrected chi connectivity index (χ1v) is 12.0. The van der Waals surface area contributed by atoms with Gasteiger partial charge in [-0.15, -0.1) is 0 Å². The third-order valence-corrected chi connectivity index (χ3v) is 6.67. The lowest BCUT2D eigenvalue weighted by Gasteiger charge is -2.22. The minimum absolute atomic E-state index is 0.126. The van der Waals surface area contributed by atoms with Gasteiger partial charge in [-0.3, -0.25) is 4.79 Å². The Hall–Kier alpha value is -2.54. The van der Waals surface area contributed by atoms with Gasteiger partial charge in [-0.1, -0.05) is 11.6 Å². The Kier molecular flexibility index (Phi) is 8.40. The SMILES string of the molecule is COc1c(C)c2c(c(NC(C)C)c1C/C=C(\C)CC(CCN1CCCC1)C(=O)O)C(=O)OC2. The second-order valence-electron chi connectivity index (χ2n) is 9.57. The molecule has 0 spiro atoms. The number of carbonyl (C=O) groups is 2. The largest absolute Gasteiger partial charge is 0.496 e. The van der Waals surface area contributed by atoms with Crippen molar-refractivity contribution >= 4 is 17.6 Å². The van der Waals surface area contributed by atoms with E-state index in [1.165, 1.54) is 12.8 Å². The molecule has 2 aliphatic heterocycles. The van der Waals surface area contributed by atoms with Gasteiger partial charge in [0.05, 0.1) is 24.3 Å². The van der Waals surface area contributed by atoms with Crippen LogP contribution in [-0.2, 0) is 22.6 Å². The molecule has 1 aromatic rings. The fourth-order valence-corrected chi connectivity index (χ4v) is 4.91. The van der Waals surface area contributed by atoms with Gasteiger partial charge in [-0.05, 0) is 85.0 Å². The molecule has 3 rings (SSSR count). The summed E-state index contributed by atoms with van der Waals surface area (Å²) in [6.07, 6.45) is 6.21. The van der Waals surface area contributed by atoms with Gasteiger partial charge in [0.2, 0.25) is 0 Å². The fourth-order valence-electron chi connectivity index (χ4n) is 4.91. The fraction of sp³-hybridized carbons (Fsp3) is 0.615. The Balaban J connectivity index is 1.83. The van der Waals surface area contributed by atoms with E-state index in [-0.39, 0.29) is 18.6 Å². The van der Waals surface area contributed by atoms with Crippen molar-refractivity contribution in [2.24, 2.45) is 5.92 Å². The van der Waals surface area contributed by atoms with Crippen LogP contribution in [0.4, 0.5) is 5.69 Å². The molecule has 1 fully saturated rings. The summed E-state index contributed by atoms with van der Waals surface area (Å²) < 4.78 is 11.1. The number of anilines is 1. The van der Waals surface area contributed by atoms with Crippen LogP contribution in [0.2, 0.25) is 0 Å². The maximum absolute atomic E-state index is 12.5. The minimum Gasteiger partial charge on any atom is -0.496 e. The van der Waals surface area contributed by atoms with Gasteiger partial charge in [0.1, 0.15) is 12.4 Å². The van der Waals surface area contributed by atoms with Crippen molar-refractivity contribution in [3.05, 3.63) is 33.9 Å². The number of fused-ring (bicyclic) bond motifs is 1. The average Bonchev–Trinajstić information content (AvgIpc) is 3.41. The highest BCUT2D eigenvalue weighted by molar-refractivity contribution is 6.01. The van der Waals surface area contributed by atoms with Gasteiger partial charge in [0.25, 0.3) is 0 Å². The number of hydrogen-bond acceptors (Lipinski definition) is 6. The van der Waals surface area contributed by atoms with Gasteiger partial charge in [0.15, 0.2) is 0 Å². The van der Waals surface area contributed by atoms with E-state index in [4.69, 9.17) is 9.47 Å². The van der Waals surface area contributed by atoms with Crippen molar-refractivity contribution in [2.75, 3.05) is 32.1 Å². The van der Waals surface area contributed by atoms with Crippen molar-refractivity contribution < 1.29 is 24.2 Å². The molecule has 2 heterocycles. The number of allylic oxidation sites excluding steroid dienone is 2. The van der Waals surface area contributed by atoms with Crippen molar-refractivity contribution in [3.8, 4) is 5.75 Å². The smallest absolute Gasteiger partial charge is 0.341 e. The number of benzene rings is 1. The highest BCUT2D eigenvalue weighted by Gasteiger charge is 2.32. The van der Waals surface area contributed by atoms with Crippen LogP contribution in [0.15, 0.2) is 11.6 Å². The molecule has 1 unspecified atom stereocenters. The quantitative estimate of drug-likeness (QED) is 0.371. The van der Waals surface area contributed by atoms with E-state index < -0.39 is 11.9 Å². The number of hydrogen-bond donors (Lipinski definition) is 2. The number of rotatable bonds is 11. The molecule has 182 valence electrons.